The van der Waals surface area contributed by atoms with E-state index in [9.17, 15) is 4.79 Å². The molecule has 128 valence electrons. The molecule has 0 fully saturated rings. The first-order valence-corrected chi connectivity index (χ1v) is 8.56. The highest BCUT2D eigenvalue weighted by atomic mass is 79.9. The fourth-order valence-electron chi connectivity index (χ4n) is 2.38. The van der Waals surface area contributed by atoms with Crippen LogP contribution in [0.1, 0.15) is 25.0 Å². The van der Waals surface area contributed by atoms with Crippen molar-refractivity contribution in [1.82, 2.24) is 5.32 Å². The molecule has 0 aliphatic carbocycles. The molecule has 0 aromatic heterocycles. The van der Waals surface area contributed by atoms with E-state index in [1.54, 1.807) is 7.11 Å². The molecule has 5 heteroatoms. The number of hydrogen-bond acceptors (Lipinski definition) is 2. The minimum absolute atomic E-state index is 0.182. The summed E-state index contributed by atoms with van der Waals surface area (Å²) in [7, 11) is 1.65. The molecule has 0 radical (unpaired) electrons. The minimum atomic E-state index is -0.206. The topological polar surface area (TPSA) is 50.4 Å². The molecule has 0 aliphatic heterocycles. The molecule has 0 saturated carbocycles. The van der Waals surface area contributed by atoms with Gasteiger partial charge in [-0.05, 0) is 48.4 Å². The summed E-state index contributed by atoms with van der Waals surface area (Å²) in [5.41, 5.74) is 2.77. The number of amides is 2. The summed E-state index contributed by atoms with van der Waals surface area (Å²) in [5, 5.41) is 5.84. The number of rotatable bonds is 5. The fraction of sp³-hybridized carbons (Fsp3) is 0.316. The van der Waals surface area contributed by atoms with E-state index in [1.165, 1.54) is 0 Å². The van der Waals surface area contributed by atoms with Gasteiger partial charge < -0.3 is 15.4 Å². The maximum absolute atomic E-state index is 12.2. The minimum Gasteiger partial charge on any atom is -0.497 e. The van der Waals surface area contributed by atoms with Crippen LogP contribution in [0.2, 0.25) is 0 Å². The number of aryl methyl sites for hydroxylation is 1. The van der Waals surface area contributed by atoms with Gasteiger partial charge in [-0.3, -0.25) is 0 Å². The molecular formula is C19H23BrN2O2. The van der Waals surface area contributed by atoms with E-state index >= 15 is 0 Å². The van der Waals surface area contributed by atoms with Crippen molar-refractivity contribution >= 4 is 27.6 Å². The van der Waals surface area contributed by atoms with E-state index in [0.29, 0.717) is 6.54 Å². The average Bonchev–Trinajstić information content (AvgIpc) is 2.56. The maximum Gasteiger partial charge on any atom is 0.319 e. The SMILES string of the molecule is COc1ccc(C(C)(C)CNC(=O)Nc2ccc(Br)cc2C)cc1. The number of carbonyl (C=O) groups excluding carboxylic acids is 1. The molecule has 4 nitrogen and oxygen atoms in total. The summed E-state index contributed by atoms with van der Waals surface area (Å²) >= 11 is 3.42. The Morgan fingerprint density at radius 3 is 2.42 bits per heavy atom. The molecular weight excluding hydrogens is 368 g/mol. The summed E-state index contributed by atoms with van der Waals surface area (Å²) in [6, 6.07) is 13.5. The average molecular weight is 391 g/mol. The van der Waals surface area contributed by atoms with Gasteiger partial charge in [0.1, 0.15) is 5.75 Å². The van der Waals surface area contributed by atoms with Gasteiger partial charge in [-0.2, -0.15) is 0 Å². The number of benzene rings is 2. The van der Waals surface area contributed by atoms with Gasteiger partial charge in [-0.25, -0.2) is 4.79 Å². The predicted octanol–water partition coefficient (Wildman–Crippen LogP) is 4.87. The van der Waals surface area contributed by atoms with Gasteiger partial charge in [-0.1, -0.05) is 41.9 Å². The number of ether oxygens (including phenoxy) is 1. The first-order valence-electron chi connectivity index (χ1n) is 7.77. The Hall–Kier alpha value is -2.01. The van der Waals surface area contributed by atoms with E-state index in [2.05, 4.69) is 40.4 Å². The van der Waals surface area contributed by atoms with Crippen molar-refractivity contribution in [3.63, 3.8) is 0 Å². The van der Waals surface area contributed by atoms with Crippen molar-refractivity contribution in [2.75, 3.05) is 19.0 Å². The number of methoxy groups -OCH3 is 1. The number of urea groups is 1. The van der Waals surface area contributed by atoms with Gasteiger partial charge in [0.15, 0.2) is 0 Å². The van der Waals surface area contributed by atoms with Crippen LogP contribution in [0.5, 0.6) is 5.75 Å². The molecule has 0 heterocycles. The van der Waals surface area contributed by atoms with Crippen LogP contribution in [0.25, 0.3) is 0 Å². The van der Waals surface area contributed by atoms with Crippen LogP contribution in [0.15, 0.2) is 46.9 Å². The lowest BCUT2D eigenvalue weighted by Gasteiger charge is -2.26. The zero-order valence-corrected chi connectivity index (χ0v) is 16.0. The normalized spacial score (nSPS) is 11.0. The highest BCUT2D eigenvalue weighted by Gasteiger charge is 2.21. The van der Waals surface area contributed by atoms with E-state index in [-0.39, 0.29) is 11.4 Å². The van der Waals surface area contributed by atoms with Crippen LogP contribution >= 0.6 is 15.9 Å². The van der Waals surface area contributed by atoms with Gasteiger partial charge in [0.2, 0.25) is 0 Å². The van der Waals surface area contributed by atoms with E-state index in [0.717, 1.165) is 27.0 Å². The molecule has 0 saturated heterocycles. The lowest BCUT2D eigenvalue weighted by molar-refractivity contribution is 0.249. The van der Waals surface area contributed by atoms with Gasteiger partial charge in [0, 0.05) is 22.1 Å². The lowest BCUT2D eigenvalue weighted by Crippen LogP contribution is -2.39. The van der Waals surface area contributed by atoms with Crippen LogP contribution in [0, 0.1) is 6.92 Å². The Labute approximate surface area is 151 Å². The first-order chi connectivity index (χ1) is 11.3. The summed E-state index contributed by atoms with van der Waals surface area (Å²) in [6.45, 7) is 6.68. The summed E-state index contributed by atoms with van der Waals surface area (Å²) < 4.78 is 6.18. The molecule has 0 unspecified atom stereocenters. The van der Waals surface area contributed by atoms with Gasteiger partial charge >= 0.3 is 6.03 Å². The van der Waals surface area contributed by atoms with Crippen LogP contribution < -0.4 is 15.4 Å². The molecule has 2 amide bonds. The van der Waals surface area contributed by atoms with Crippen molar-refractivity contribution in [3.8, 4) is 5.75 Å². The number of anilines is 1. The summed E-state index contributed by atoms with van der Waals surface area (Å²) in [4.78, 5) is 12.2. The van der Waals surface area contributed by atoms with Gasteiger partial charge in [0.25, 0.3) is 0 Å². The zero-order chi connectivity index (χ0) is 17.7. The molecule has 0 aliphatic rings. The predicted molar refractivity (Wildman–Crippen MR) is 102 cm³/mol. The molecule has 2 rings (SSSR count). The Kier molecular flexibility index (Phi) is 5.89. The quantitative estimate of drug-likeness (QED) is 0.765. The zero-order valence-electron chi connectivity index (χ0n) is 14.4. The van der Waals surface area contributed by atoms with Crippen LogP contribution in [-0.4, -0.2) is 19.7 Å². The molecule has 0 atom stereocenters. The summed E-state index contributed by atoms with van der Waals surface area (Å²) in [6.07, 6.45) is 0. The Morgan fingerprint density at radius 2 is 1.83 bits per heavy atom. The maximum atomic E-state index is 12.2. The lowest BCUT2D eigenvalue weighted by atomic mass is 9.84. The second-order valence-corrected chi connectivity index (χ2v) is 7.29. The highest BCUT2D eigenvalue weighted by molar-refractivity contribution is 9.10. The molecule has 24 heavy (non-hydrogen) atoms. The largest absolute Gasteiger partial charge is 0.497 e. The highest BCUT2D eigenvalue weighted by Crippen LogP contribution is 2.25. The number of halogens is 1. The van der Waals surface area contributed by atoms with Crippen molar-refractivity contribution in [2.45, 2.75) is 26.2 Å². The number of nitrogens with one attached hydrogen (secondary N) is 2. The molecule has 2 aromatic rings. The Balaban J connectivity index is 1.96. The van der Waals surface area contributed by atoms with Crippen LogP contribution in [-0.2, 0) is 5.41 Å². The monoisotopic (exact) mass is 390 g/mol. The molecule has 2 aromatic carbocycles. The third kappa shape index (κ3) is 4.74. The second kappa shape index (κ2) is 7.71. The smallest absolute Gasteiger partial charge is 0.319 e. The van der Waals surface area contributed by atoms with Crippen molar-refractivity contribution in [2.24, 2.45) is 0 Å². The van der Waals surface area contributed by atoms with Gasteiger partial charge in [0.05, 0.1) is 7.11 Å². The third-order valence-corrected chi connectivity index (χ3v) is 4.49. The summed E-state index contributed by atoms with van der Waals surface area (Å²) in [5.74, 6) is 0.825. The fourth-order valence-corrected chi connectivity index (χ4v) is 2.85. The first kappa shape index (κ1) is 18.3. The van der Waals surface area contributed by atoms with E-state index in [1.807, 2.05) is 49.4 Å². The van der Waals surface area contributed by atoms with Gasteiger partial charge in [-0.15, -0.1) is 0 Å². The number of carbonyl (C=O) groups is 1. The van der Waals surface area contributed by atoms with Crippen LogP contribution in [0.3, 0.4) is 0 Å². The molecule has 2 N–H and O–H groups in total. The van der Waals surface area contributed by atoms with E-state index in [4.69, 9.17) is 4.74 Å². The van der Waals surface area contributed by atoms with E-state index < -0.39 is 0 Å². The van der Waals surface area contributed by atoms with Crippen molar-refractivity contribution in [1.29, 1.82) is 0 Å². The number of hydrogen-bond donors (Lipinski definition) is 2. The Bertz CT molecular complexity index is 712. The van der Waals surface area contributed by atoms with Crippen LogP contribution in [0.4, 0.5) is 10.5 Å². The molecule has 0 bridgehead atoms. The standard InChI is InChI=1S/C19H23BrN2O2/c1-13-11-15(20)7-10-17(13)22-18(23)21-12-19(2,3)14-5-8-16(24-4)9-6-14/h5-11H,12H2,1-4H3,(H2,21,22,23). The third-order valence-electron chi connectivity index (χ3n) is 4.00. The molecule has 0 spiro atoms. The second-order valence-electron chi connectivity index (χ2n) is 6.38. The Morgan fingerprint density at radius 1 is 1.17 bits per heavy atom. The van der Waals surface area contributed by atoms with Crippen molar-refractivity contribution < 1.29 is 9.53 Å². The van der Waals surface area contributed by atoms with Crippen molar-refractivity contribution in [3.05, 3.63) is 58.1 Å².